The molecule has 2 N–H and O–H groups in total. The Morgan fingerprint density at radius 3 is 0.750 bits per heavy atom. The molecule has 0 aliphatic carbocycles. The molecule has 4 aromatic carbocycles. The van der Waals surface area contributed by atoms with E-state index in [1.54, 1.807) is 60.7 Å². The maximum absolute atomic E-state index is 14.3. The van der Waals surface area contributed by atoms with Gasteiger partial charge < -0.3 is 39.1 Å². The number of carbonyl (C=O) groups is 2. The molecule has 4 aromatic rings. The van der Waals surface area contributed by atoms with Crippen LogP contribution in [0.3, 0.4) is 0 Å². The normalized spacial score (nSPS) is 11.1. The molecule has 0 saturated carbocycles. The summed E-state index contributed by atoms with van der Waals surface area (Å²) in [5.41, 5.74) is 1.14. The topological polar surface area (TPSA) is 148 Å². The minimum Gasteiger partial charge on any atom is -0.490 e. The third kappa shape index (κ3) is 30.4. The Morgan fingerprint density at radius 1 is 0.284 bits per heavy atom. The molecular weight excluding hydrogens is 1100 g/mol. The van der Waals surface area contributed by atoms with Gasteiger partial charge in [-0.15, -0.1) is 0 Å². The lowest BCUT2D eigenvalue weighted by Gasteiger charge is -2.19. The molecule has 490 valence electrons. The molecule has 88 heavy (non-hydrogen) atoms. The second-order valence-electron chi connectivity index (χ2n) is 24.0. The van der Waals surface area contributed by atoms with Crippen molar-refractivity contribution in [3.8, 4) is 45.6 Å². The Balaban J connectivity index is 1.61. The average Bonchev–Trinajstić information content (AvgIpc) is 2.94. The molecular formula is C76H116N2O10. The fourth-order valence-corrected chi connectivity index (χ4v) is 10.6. The van der Waals surface area contributed by atoms with Gasteiger partial charge in [0.2, 0.25) is 22.4 Å². The van der Waals surface area contributed by atoms with Crippen LogP contribution in [0.1, 0.15) is 293 Å². The van der Waals surface area contributed by atoms with E-state index in [0.29, 0.717) is 85.3 Å². The zero-order valence-electron chi connectivity index (χ0n) is 55.7. The molecule has 0 bridgehead atoms. The van der Waals surface area contributed by atoms with Crippen molar-refractivity contribution in [2.24, 2.45) is 0 Å². The van der Waals surface area contributed by atoms with E-state index in [0.717, 1.165) is 116 Å². The summed E-state index contributed by atoms with van der Waals surface area (Å²) in [7, 11) is 0. The number of hydrogen-bond acceptors (Lipinski definition) is 10. The number of benzene rings is 2. The van der Waals surface area contributed by atoms with Crippen LogP contribution in [0.2, 0.25) is 0 Å². The van der Waals surface area contributed by atoms with Crippen LogP contribution in [0.15, 0.2) is 82.4 Å². The Kier molecular flexibility index (Phi) is 40.5. The Hall–Kier alpha value is -6.04. The zero-order valence-corrected chi connectivity index (χ0v) is 55.7. The van der Waals surface area contributed by atoms with Crippen LogP contribution in [0, 0.1) is 0 Å². The van der Waals surface area contributed by atoms with Crippen LogP contribution < -0.4 is 49.9 Å². The first-order chi connectivity index (χ1) is 43.2. The number of unbranched alkanes of at least 4 members (excludes halogenated alkanes) is 30. The molecule has 0 aliphatic rings. The minimum atomic E-state index is -0.494. The molecule has 0 radical (unpaired) electrons. The van der Waals surface area contributed by atoms with Gasteiger partial charge in [-0.05, 0) is 98.2 Å². The number of ether oxygens (including phenoxy) is 6. The van der Waals surface area contributed by atoms with Crippen molar-refractivity contribution in [1.29, 1.82) is 0 Å². The van der Waals surface area contributed by atoms with Gasteiger partial charge in [-0.2, -0.15) is 0 Å². The quantitative estimate of drug-likeness (QED) is 0.0409. The Morgan fingerprint density at radius 2 is 0.500 bits per heavy atom. The Labute approximate surface area is 531 Å². The maximum Gasteiger partial charge on any atom is 0.256 e. The summed E-state index contributed by atoms with van der Waals surface area (Å²) < 4.78 is 38.9. The molecule has 0 spiro atoms. The highest BCUT2D eigenvalue weighted by Crippen LogP contribution is 2.41. The number of carbonyl (C=O) groups excluding carboxylic acids is 2. The first kappa shape index (κ1) is 74.4. The molecule has 4 rings (SSSR count). The lowest BCUT2D eigenvalue weighted by atomic mass is 10.1. The molecule has 0 atom stereocenters. The van der Waals surface area contributed by atoms with Crippen LogP contribution >= 0.6 is 0 Å². The summed E-state index contributed by atoms with van der Waals surface area (Å²) in [5, 5.41) is 5.76. The molecule has 0 heterocycles. The molecule has 0 unspecified atom stereocenters. The monoisotopic (exact) mass is 1220 g/mol. The largest absolute Gasteiger partial charge is 0.490 e. The molecule has 12 heteroatoms. The highest BCUT2D eigenvalue weighted by Gasteiger charge is 2.22. The molecule has 0 saturated heterocycles. The average molecular weight is 1220 g/mol. The van der Waals surface area contributed by atoms with Gasteiger partial charge in [-0.1, -0.05) is 258 Å². The zero-order chi connectivity index (χ0) is 63.1. The van der Waals surface area contributed by atoms with Gasteiger partial charge in [0, 0.05) is 11.1 Å². The van der Waals surface area contributed by atoms with Gasteiger partial charge >= 0.3 is 0 Å². The highest BCUT2D eigenvalue weighted by atomic mass is 16.5. The van der Waals surface area contributed by atoms with E-state index < -0.39 is 22.7 Å². The molecule has 0 fully saturated rings. The Bertz CT molecular complexity index is 2400. The lowest BCUT2D eigenvalue weighted by Crippen LogP contribution is -2.17. The van der Waals surface area contributed by atoms with Crippen molar-refractivity contribution in [3.63, 3.8) is 0 Å². The first-order valence-electron chi connectivity index (χ1n) is 35.2. The van der Waals surface area contributed by atoms with Crippen molar-refractivity contribution in [2.45, 2.75) is 273 Å². The summed E-state index contributed by atoms with van der Waals surface area (Å²) >= 11 is 0. The van der Waals surface area contributed by atoms with Crippen molar-refractivity contribution in [1.82, 2.24) is 0 Å². The fourth-order valence-electron chi connectivity index (χ4n) is 10.6. The minimum absolute atomic E-state index is 0.0750. The summed E-state index contributed by atoms with van der Waals surface area (Å²) in [5.74, 6) is 1.85. The highest BCUT2D eigenvalue weighted by molar-refractivity contribution is 6.06. The van der Waals surface area contributed by atoms with E-state index in [4.69, 9.17) is 28.4 Å². The number of anilines is 2. The predicted molar refractivity (Wildman–Crippen MR) is 366 cm³/mol. The maximum atomic E-state index is 14.3. The van der Waals surface area contributed by atoms with Gasteiger partial charge in [-0.25, -0.2) is 0 Å². The lowest BCUT2D eigenvalue weighted by molar-refractivity contribution is 0.101. The summed E-state index contributed by atoms with van der Waals surface area (Å²) in [6.07, 6.45) is 40.1. The number of amides is 2. The summed E-state index contributed by atoms with van der Waals surface area (Å²) in [6.45, 7) is 16.2. The smallest absolute Gasteiger partial charge is 0.256 e. The van der Waals surface area contributed by atoms with Gasteiger partial charge in [-0.3, -0.25) is 19.2 Å². The van der Waals surface area contributed by atoms with E-state index in [1.165, 1.54) is 128 Å². The summed E-state index contributed by atoms with van der Waals surface area (Å²) in [6, 6.07) is 19.5. The van der Waals surface area contributed by atoms with Gasteiger partial charge in [0.05, 0.1) is 51.0 Å². The van der Waals surface area contributed by atoms with Crippen molar-refractivity contribution >= 4 is 23.2 Å². The van der Waals surface area contributed by atoms with E-state index in [-0.39, 0.29) is 22.5 Å². The van der Waals surface area contributed by atoms with Crippen LogP contribution in [-0.2, 0) is 0 Å². The van der Waals surface area contributed by atoms with Crippen molar-refractivity contribution < 1.29 is 38.0 Å². The standard InChI is InChI=1S/C76H116N2O10/c1-7-13-19-25-31-37-51-83-69-57-63(58-70(84-52-38-32-26-20-14-8-2)73(69)87-55-41-35-29-23-17-11-5)75(81)77-65-47-43-61(45-49-67(65)79)62-44-48-66(68(80)50-46-62)78-76(82)64-59-71(85-53-39-33-27-21-15-9-3)74(88-56-42-36-30-24-18-12-6)72(60-64)86-54-40-34-28-22-16-10-4/h43-50,57-60H,7-42,51-56H2,1-6H3,(H,77,79,81)(H,78,80,82). The van der Waals surface area contributed by atoms with Crippen molar-refractivity contribution in [2.75, 3.05) is 50.3 Å². The summed E-state index contributed by atoms with van der Waals surface area (Å²) in [4.78, 5) is 56.2. The van der Waals surface area contributed by atoms with Crippen LogP contribution in [0.25, 0.3) is 11.1 Å². The fraction of sp³-hybridized carbons (Fsp3) is 0.632. The van der Waals surface area contributed by atoms with Gasteiger partial charge in [0.15, 0.2) is 23.0 Å². The predicted octanol–water partition coefficient (Wildman–Crippen LogP) is 21.0. The van der Waals surface area contributed by atoms with Crippen LogP contribution in [0.5, 0.6) is 34.5 Å². The first-order valence-corrected chi connectivity index (χ1v) is 35.2. The molecule has 0 aliphatic heterocycles. The molecule has 0 aromatic heterocycles. The third-order valence-electron chi connectivity index (χ3n) is 16.1. The van der Waals surface area contributed by atoms with E-state index in [1.807, 2.05) is 0 Å². The molecule has 12 nitrogen and oxygen atoms in total. The number of rotatable bonds is 53. The van der Waals surface area contributed by atoms with E-state index in [9.17, 15) is 19.2 Å². The number of hydrogen-bond donors (Lipinski definition) is 2. The SMILES string of the molecule is CCCCCCCCOc1cc(C(=O)Nc2ccc(-c3ccc(NC(=O)c4cc(OCCCCCCCC)c(OCCCCCCCC)c(OCCCCCCCC)c4)c(=O)cc3)ccc2=O)cc(OCCCCCCCC)c1OCCCCCCCC. The number of nitrogens with one attached hydrogen (secondary N) is 2. The second kappa shape index (κ2) is 47.9. The van der Waals surface area contributed by atoms with Crippen molar-refractivity contribution in [3.05, 3.63) is 104 Å². The third-order valence-corrected chi connectivity index (χ3v) is 16.1. The molecule has 2 amide bonds. The van der Waals surface area contributed by atoms with Crippen LogP contribution in [0.4, 0.5) is 11.4 Å². The second-order valence-corrected chi connectivity index (χ2v) is 24.0. The van der Waals surface area contributed by atoms with Gasteiger partial charge in [0.25, 0.3) is 11.8 Å². The van der Waals surface area contributed by atoms with Gasteiger partial charge in [0.1, 0.15) is 0 Å². The van der Waals surface area contributed by atoms with E-state index in [2.05, 4.69) is 52.2 Å². The van der Waals surface area contributed by atoms with Crippen LogP contribution in [-0.4, -0.2) is 51.5 Å². The van der Waals surface area contributed by atoms with E-state index >= 15 is 0 Å².